The van der Waals surface area contributed by atoms with Gasteiger partial charge in [0, 0.05) is 17.8 Å². The molecule has 10 heteroatoms. The number of rotatable bonds is 16. The highest BCUT2D eigenvalue weighted by Gasteiger charge is 2.50. The summed E-state index contributed by atoms with van der Waals surface area (Å²) in [5, 5.41) is 51.3. The van der Waals surface area contributed by atoms with E-state index >= 15 is 0 Å². The molecule has 0 saturated carbocycles. The predicted octanol–water partition coefficient (Wildman–Crippen LogP) is 8.91. The lowest BCUT2D eigenvalue weighted by Gasteiger charge is -2.33. The first-order chi connectivity index (χ1) is 21.1. The highest BCUT2D eigenvalue weighted by Crippen LogP contribution is 2.40. The number of aliphatic carboxylic acids is 1. The van der Waals surface area contributed by atoms with Crippen molar-refractivity contribution in [3.05, 3.63) is 71.8 Å². The van der Waals surface area contributed by atoms with Crippen molar-refractivity contribution >= 4 is 17.8 Å². The largest absolute Gasteiger partial charge is 0.550 e. The van der Waals surface area contributed by atoms with Gasteiger partial charge in [0.15, 0.2) is 0 Å². The zero-order valence-electron chi connectivity index (χ0n) is 26.2. The first kappa shape index (κ1) is 81.1. The lowest BCUT2D eigenvalue weighted by Crippen LogP contribution is -2.45. The van der Waals surface area contributed by atoms with Crippen molar-refractivity contribution in [3.8, 4) is 0 Å². The van der Waals surface area contributed by atoms with E-state index in [1.165, 1.54) is 0 Å². The third-order valence-electron chi connectivity index (χ3n) is 8.86. The van der Waals surface area contributed by atoms with Gasteiger partial charge < -0.3 is 35.6 Å². The van der Waals surface area contributed by atoms with Gasteiger partial charge in [-0.3, -0.25) is 14.5 Å². The summed E-state index contributed by atoms with van der Waals surface area (Å²) in [6.07, 6.45) is 1.55. The molecule has 1 heterocycles. The molecule has 56 heavy (non-hydrogen) atoms. The summed E-state index contributed by atoms with van der Waals surface area (Å²) in [5.41, 5.74) is 2.13. The van der Waals surface area contributed by atoms with Crippen LogP contribution in [0.3, 0.4) is 0 Å². The number of aliphatic hydroxyl groups excluding tert-OH is 4. The van der Waals surface area contributed by atoms with Crippen molar-refractivity contribution in [1.82, 2.24) is 10.2 Å². The van der Waals surface area contributed by atoms with E-state index in [2.05, 4.69) is 5.32 Å². The van der Waals surface area contributed by atoms with Gasteiger partial charge in [-0.2, -0.15) is 0 Å². The number of amides is 2. The van der Waals surface area contributed by atoms with Crippen molar-refractivity contribution < 1.29 is 39.9 Å². The van der Waals surface area contributed by atoms with Gasteiger partial charge in [0.05, 0.1) is 44.4 Å². The van der Waals surface area contributed by atoms with E-state index < -0.39 is 49.0 Å². The average Bonchev–Trinajstić information content (AvgIpc) is 3.26. The van der Waals surface area contributed by atoms with Crippen molar-refractivity contribution in [3.63, 3.8) is 0 Å². The van der Waals surface area contributed by atoms with Crippen molar-refractivity contribution in [2.45, 2.75) is 154 Å². The second kappa shape index (κ2) is 41.5. The van der Waals surface area contributed by atoms with Crippen LogP contribution in [0.2, 0.25) is 0 Å². The topological polar surface area (TPSA) is 170 Å². The maximum absolute atomic E-state index is 12.7. The van der Waals surface area contributed by atoms with Crippen LogP contribution in [0.5, 0.6) is 0 Å². The molecule has 5 N–H and O–H groups in total. The molecule has 3 rings (SSSR count). The molecule has 0 spiro atoms. The maximum atomic E-state index is 12.7. The smallest absolute Gasteiger partial charge is 0.234 e. The Morgan fingerprint density at radius 1 is 0.679 bits per heavy atom. The Kier molecular flexibility index (Phi) is 60.1. The van der Waals surface area contributed by atoms with Crippen molar-refractivity contribution in [1.29, 1.82) is 0 Å². The summed E-state index contributed by atoms with van der Waals surface area (Å²) in [5.74, 6) is -3.35. The van der Waals surface area contributed by atoms with Crippen LogP contribution in [-0.2, 0) is 14.4 Å². The van der Waals surface area contributed by atoms with Crippen molar-refractivity contribution in [2.75, 3.05) is 33.0 Å². The molecule has 1 aliphatic heterocycles. The third-order valence-corrected chi connectivity index (χ3v) is 8.86. The molecule has 6 unspecified atom stereocenters. The number of nitrogens with one attached hydrogen (secondary N) is 1. The van der Waals surface area contributed by atoms with Crippen LogP contribution in [0.15, 0.2) is 60.7 Å². The predicted molar refractivity (Wildman–Crippen MR) is 246 cm³/mol. The van der Waals surface area contributed by atoms with Crippen LogP contribution in [0, 0.1) is 23.7 Å². The SMILES string of the molecule is C.C.C.C.C.C.C.C.C.C.C.C.CCC(c1ccccc1)C(CNC(CO)CO)C(C)C(=O)[O-].CCC(c1ccccc1)C1C(=O)N(C(CO)CO)C(=O)C1C. The Labute approximate surface area is 349 Å². The lowest BCUT2D eigenvalue weighted by molar-refractivity contribution is -0.312. The molecule has 1 saturated heterocycles. The first-order valence-corrected chi connectivity index (χ1v) is 15.5. The number of hydrogen-bond donors (Lipinski definition) is 5. The molecule has 0 radical (unpaired) electrons. The number of imide groups is 1. The van der Waals surface area contributed by atoms with E-state index in [1.54, 1.807) is 13.8 Å². The van der Waals surface area contributed by atoms with E-state index in [1.807, 2.05) is 74.5 Å². The number of carboxylic acid groups (broad SMARTS) is 1. The summed E-state index contributed by atoms with van der Waals surface area (Å²) < 4.78 is 0. The average molecular weight is 806 g/mol. The number of carbonyl (C=O) groups is 3. The molecular formula is C46H97N2O8-. The summed E-state index contributed by atoms with van der Waals surface area (Å²) in [4.78, 5) is 37.6. The third kappa shape index (κ3) is 20.8. The number of aliphatic hydroxyl groups is 4. The quantitative estimate of drug-likeness (QED) is 0.104. The highest BCUT2D eigenvalue weighted by molar-refractivity contribution is 6.05. The Bertz CT molecular complexity index is 1140. The standard InChI is InChI=1S/C17H23NO4.C17H27NO4.12CH4/c1-3-14(12-7-5-4-6-8-12)15-11(2)16(21)18(17(15)22)13(9-19)10-20;1-3-15(13-7-5-4-6-8-13)16(12(2)17(21)22)9-18-14(10-19)11-20;;;;;;;;;;;;/h4-8,11,13-15,19-20H,3,9-10H2,1-2H3;4-8,12,14-16,18-20H,3,9-11H2,1-2H3,(H,21,22);12*1H4/p-1. The second-order valence-corrected chi connectivity index (χ2v) is 11.5. The van der Waals surface area contributed by atoms with E-state index in [0.717, 1.165) is 28.9 Å². The fourth-order valence-electron chi connectivity index (χ4n) is 6.17. The van der Waals surface area contributed by atoms with Gasteiger partial charge >= 0.3 is 0 Å². The molecule has 0 bridgehead atoms. The van der Waals surface area contributed by atoms with Crippen LogP contribution in [0.4, 0.5) is 0 Å². The zero-order valence-corrected chi connectivity index (χ0v) is 26.2. The van der Waals surface area contributed by atoms with Crippen LogP contribution < -0.4 is 10.4 Å². The monoisotopic (exact) mass is 806 g/mol. The van der Waals surface area contributed by atoms with Gasteiger partial charge in [0.25, 0.3) is 0 Å². The van der Waals surface area contributed by atoms with E-state index in [-0.39, 0.29) is 132 Å². The minimum atomic E-state index is -1.08. The van der Waals surface area contributed by atoms with Crippen LogP contribution in [-0.4, -0.2) is 88.2 Å². The molecule has 1 aliphatic rings. The van der Waals surface area contributed by atoms with E-state index in [4.69, 9.17) is 10.2 Å². The van der Waals surface area contributed by atoms with Crippen LogP contribution >= 0.6 is 0 Å². The molecule has 2 aromatic rings. The summed E-state index contributed by atoms with van der Waals surface area (Å²) >= 11 is 0. The minimum Gasteiger partial charge on any atom is -0.550 e. The zero-order chi connectivity index (χ0) is 32.8. The fourth-order valence-corrected chi connectivity index (χ4v) is 6.17. The van der Waals surface area contributed by atoms with Gasteiger partial charge in [-0.05, 0) is 48.3 Å². The fraction of sp³-hybridized carbons (Fsp3) is 0.674. The van der Waals surface area contributed by atoms with E-state index in [0.29, 0.717) is 6.54 Å². The Balaban J connectivity index is -0.0000000662. The molecule has 340 valence electrons. The Morgan fingerprint density at radius 2 is 1.09 bits per heavy atom. The van der Waals surface area contributed by atoms with E-state index in [9.17, 15) is 29.7 Å². The van der Waals surface area contributed by atoms with Crippen LogP contribution in [0.1, 0.15) is 153 Å². The number of nitrogens with zero attached hydrogens (tertiary/aromatic N) is 1. The number of likely N-dealkylation sites (tertiary alicyclic amines) is 1. The highest BCUT2D eigenvalue weighted by atomic mass is 16.4. The second-order valence-electron chi connectivity index (χ2n) is 11.5. The molecule has 1 fully saturated rings. The maximum Gasteiger partial charge on any atom is 0.234 e. The summed E-state index contributed by atoms with van der Waals surface area (Å²) in [6, 6.07) is 18.2. The molecule has 6 atom stereocenters. The normalized spacial score (nSPS) is 15.3. The van der Waals surface area contributed by atoms with Gasteiger partial charge in [-0.1, -0.05) is 177 Å². The summed E-state index contributed by atoms with van der Waals surface area (Å²) in [7, 11) is 0. The number of benzene rings is 2. The molecule has 0 aliphatic carbocycles. The van der Waals surface area contributed by atoms with Gasteiger partial charge in [-0.15, -0.1) is 0 Å². The Hall–Kier alpha value is -3.15. The lowest BCUT2D eigenvalue weighted by atomic mass is 9.77. The van der Waals surface area contributed by atoms with Crippen molar-refractivity contribution in [2.24, 2.45) is 23.7 Å². The molecule has 2 amide bonds. The minimum absolute atomic E-state index is 0. The molecule has 10 nitrogen and oxygen atoms in total. The van der Waals surface area contributed by atoms with Gasteiger partial charge in [0.1, 0.15) is 0 Å². The van der Waals surface area contributed by atoms with Crippen LogP contribution in [0.25, 0.3) is 0 Å². The number of carboxylic acids is 1. The Morgan fingerprint density at radius 3 is 1.43 bits per heavy atom. The molecule has 2 aromatic carbocycles. The van der Waals surface area contributed by atoms with Gasteiger partial charge in [0.2, 0.25) is 11.8 Å². The summed E-state index contributed by atoms with van der Waals surface area (Å²) in [6.45, 7) is 6.61. The van der Waals surface area contributed by atoms with Gasteiger partial charge in [-0.25, -0.2) is 0 Å². The number of hydrogen-bond acceptors (Lipinski definition) is 9. The molecular weight excluding hydrogens is 709 g/mol. The first-order valence-electron chi connectivity index (χ1n) is 15.5. The number of carbonyl (C=O) groups excluding carboxylic acids is 3. The molecule has 0 aromatic heterocycles.